The summed E-state index contributed by atoms with van der Waals surface area (Å²) in [5.41, 5.74) is 1.13. The minimum absolute atomic E-state index is 0.180. The van der Waals surface area contributed by atoms with Crippen molar-refractivity contribution >= 4 is 22.0 Å². The van der Waals surface area contributed by atoms with Gasteiger partial charge in [0.1, 0.15) is 0 Å². The zero-order valence-corrected chi connectivity index (χ0v) is 23.0. The zero-order chi connectivity index (χ0) is 28.7. The average molecular weight is 556 g/mol. The molecule has 0 spiro atoms. The minimum Gasteiger partial charge on any atom is -0.481 e. The highest BCUT2D eigenvalue weighted by Crippen LogP contribution is 2.16. The van der Waals surface area contributed by atoms with Gasteiger partial charge in [-0.25, -0.2) is 17.9 Å². The molecule has 0 aliphatic heterocycles. The summed E-state index contributed by atoms with van der Waals surface area (Å²) in [7, 11) is 1.96. The molecule has 1 atom stereocenters. The quantitative estimate of drug-likeness (QED) is 0.198. The molecule has 0 fully saturated rings. The van der Waals surface area contributed by atoms with Crippen LogP contribution in [0.4, 0.5) is 13.2 Å². The highest BCUT2D eigenvalue weighted by atomic mass is 32.2. The van der Waals surface area contributed by atoms with Gasteiger partial charge >= 0.3 is 18.1 Å². The Hall–Kier alpha value is -2.18. The molecule has 0 aliphatic rings. The molecule has 214 valence electrons. The van der Waals surface area contributed by atoms with E-state index in [4.69, 9.17) is 15.0 Å². The Morgan fingerprint density at radius 2 is 1.38 bits per heavy atom. The number of likely N-dealkylation sites (N-methyl/N-ethyl adjacent to an activating group) is 1. The van der Waals surface area contributed by atoms with Crippen LogP contribution in [0.1, 0.15) is 70.3 Å². The van der Waals surface area contributed by atoms with Crippen LogP contribution in [-0.4, -0.2) is 75.0 Å². The smallest absolute Gasteiger partial charge is 0.481 e. The number of alkyl halides is 3. The number of carboxylic acid groups (broad SMARTS) is 2. The summed E-state index contributed by atoms with van der Waals surface area (Å²) in [6, 6.07) is 6.30. The van der Waals surface area contributed by atoms with Crippen LogP contribution in [0.2, 0.25) is 0 Å². The largest absolute Gasteiger partial charge is 0.490 e. The lowest BCUT2D eigenvalue weighted by atomic mass is 10.0. The minimum atomic E-state index is -5.08. The predicted octanol–water partition coefficient (Wildman–Crippen LogP) is 4.83. The summed E-state index contributed by atoms with van der Waals surface area (Å²) in [6.07, 6.45) is 5.76. The monoisotopic (exact) mass is 555 g/mol. The first-order valence-electron chi connectivity index (χ1n) is 12.4. The van der Waals surface area contributed by atoms with E-state index in [0.29, 0.717) is 11.0 Å². The molecule has 0 unspecified atom stereocenters. The van der Waals surface area contributed by atoms with Crippen molar-refractivity contribution in [1.29, 1.82) is 0 Å². The molecule has 1 rings (SSSR count). The lowest BCUT2D eigenvalue weighted by Crippen LogP contribution is -2.49. The Bertz CT molecular complexity index is 914. The molecule has 0 saturated heterocycles. The summed E-state index contributed by atoms with van der Waals surface area (Å²) < 4.78 is 60.2. The molecule has 12 heteroatoms. The van der Waals surface area contributed by atoms with Gasteiger partial charge < -0.3 is 14.7 Å². The van der Waals surface area contributed by atoms with Gasteiger partial charge in [-0.3, -0.25) is 4.79 Å². The third kappa shape index (κ3) is 17.8. The lowest BCUT2D eigenvalue weighted by molar-refractivity contribution is -0.871. The number of aryl methyl sites for hydroxylation is 1. The molecule has 3 N–H and O–H groups in total. The standard InChI is InChI=1S/C23H40N2O4S.C2HF3O2/c1-5-6-7-8-9-10-11-12-13-20-14-16-22(17-15-20)30(28,29)24-21(18-23(26)27)19-25(2,3)4;3-2(4,5)1(6)7/h14-17,21,24H,5-13,18-19H2,1-4H3;(H,6,7)/p+1/t21-;/m1./s1. The van der Waals surface area contributed by atoms with Crippen LogP contribution in [0, 0.1) is 0 Å². The zero-order valence-electron chi connectivity index (χ0n) is 22.2. The van der Waals surface area contributed by atoms with Crippen LogP contribution in [0.3, 0.4) is 0 Å². The van der Waals surface area contributed by atoms with Crippen LogP contribution in [-0.2, 0) is 26.0 Å². The van der Waals surface area contributed by atoms with E-state index < -0.39 is 34.2 Å². The molecule has 37 heavy (non-hydrogen) atoms. The van der Waals surface area contributed by atoms with Gasteiger partial charge in [-0.15, -0.1) is 0 Å². The second kappa shape index (κ2) is 16.6. The summed E-state index contributed by atoms with van der Waals surface area (Å²) in [5, 5.41) is 16.2. The number of unbranched alkanes of at least 4 members (excludes halogenated alkanes) is 7. The Kier molecular flexibility index (Phi) is 15.6. The topological polar surface area (TPSA) is 121 Å². The van der Waals surface area contributed by atoms with Crippen molar-refractivity contribution in [2.75, 3.05) is 27.7 Å². The number of hydrogen-bond acceptors (Lipinski definition) is 4. The third-order valence-corrected chi connectivity index (χ3v) is 6.84. The van der Waals surface area contributed by atoms with Gasteiger partial charge in [-0.2, -0.15) is 13.2 Å². The number of nitrogens with zero attached hydrogens (tertiary/aromatic N) is 1. The molecule has 0 radical (unpaired) electrons. The Morgan fingerprint density at radius 3 is 1.78 bits per heavy atom. The van der Waals surface area contributed by atoms with E-state index in [1.54, 1.807) is 12.1 Å². The van der Waals surface area contributed by atoms with Gasteiger partial charge in [0.05, 0.1) is 45.0 Å². The number of carboxylic acids is 2. The van der Waals surface area contributed by atoms with Crippen molar-refractivity contribution in [3.63, 3.8) is 0 Å². The molecular formula is C25H42F3N2O6S+. The van der Waals surface area contributed by atoms with E-state index >= 15 is 0 Å². The van der Waals surface area contributed by atoms with Crippen molar-refractivity contribution in [3.8, 4) is 0 Å². The van der Waals surface area contributed by atoms with Crippen molar-refractivity contribution < 1.29 is 45.9 Å². The SMILES string of the molecule is CCCCCCCCCCc1ccc(S(=O)(=O)N[C@H](CC(=O)O)C[N+](C)(C)C)cc1.O=C(O)C(F)(F)F. The predicted molar refractivity (Wildman–Crippen MR) is 136 cm³/mol. The summed E-state index contributed by atoms with van der Waals surface area (Å²) >= 11 is 0. The van der Waals surface area contributed by atoms with Crippen LogP contribution < -0.4 is 4.72 Å². The van der Waals surface area contributed by atoms with E-state index in [1.165, 1.54) is 44.9 Å². The van der Waals surface area contributed by atoms with Gasteiger partial charge in [0.25, 0.3) is 0 Å². The number of aliphatic carboxylic acids is 2. The van der Waals surface area contributed by atoms with Crippen LogP contribution in [0.25, 0.3) is 0 Å². The van der Waals surface area contributed by atoms with Crippen molar-refractivity contribution in [2.24, 2.45) is 0 Å². The van der Waals surface area contributed by atoms with Gasteiger partial charge in [-0.05, 0) is 30.5 Å². The first kappa shape index (κ1) is 34.8. The van der Waals surface area contributed by atoms with Crippen LogP contribution in [0.5, 0.6) is 0 Å². The summed E-state index contributed by atoms with van der Waals surface area (Å²) in [4.78, 5) is 20.2. The van der Waals surface area contributed by atoms with E-state index in [1.807, 2.05) is 33.3 Å². The maximum absolute atomic E-state index is 12.7. The van der Waals surface area contributed by atoms with E-state index in [9.17, 15) is 26.4 Å². The number of benzene rings is 1. The highest BCUT2D eigenvalue weighted by Gasteiger charge is 2.38. The fraction of sp³-hybridized carbons (Fsp3) is 0.680. The second-order valence-corrected chi connectivity index (χ2v) is 11.8. The lowest BCUT2D eigenvalue weighted by Gasteiger charge is -2.29. The van der Waals surface area contributed by atoms with Crippen LogP contribution >= 0.6 is 0 Å². The van der Waals surface area contributed by atoms with Crippen molar-refractivity contribution in [1.82, 2.24) is 4.72 Å². The Labute approximate surface area is 218 Å². The number of hydrogen-bond donors (Lipinski definition) is 3. The maximum atomic E-state index is 12.7. The molecule has 0 saturated carbocycles. The summed E-state index contributed by atoms with van der Waals surface area (Å²) in [6.45, 7) is 2.62. The average Bonchev–Trinajstić information content (AvgIpc) is 2.73. The fourth-order valence-corrected chi connectivity index (χ4v) is 4.83. The third-order valence-electron chi connectivity index (χ3n) is 5.31. The van der Waals surface area contributed by atoms with Crippen LogP contribution in [0.15, 0.2) is 29.2 Å². The molecule has 0 aliphatic carbocycles. The number of carbonyl (C=O) groups is 2. The van der Waals surface area contributed by atoms with E-state index in [0.717, 1.165) is 18.4 Å². The Balaban J connectivity index is 0.00000161. The number of sulfonamides is 1. The molecule has 0 amide bonds. The molecular weight excluding hydrogens is 513 g/mol. The highest BCUT2D eigenvalue weighted by molar-refractivity contribution is 7.89. The molecule has 1 aromatic rings. The number of halogens is 3. The molecule has 0 bridgehead atoms. The molecule has 8 nitrogen and oxygen atoms in total. The van der Waals surface area contributed by atoms with Gasteiger partial charge in [0, 0.05) is 0 Å². The Morgan fingerprint density at radius 1 is 0.919 bits per heavy atom. The molecule has 0 heterocycles. The maximum Gasteiger partial charge on any atom is 0.490 e. The number of nitrogens with one attached hydrogen (secondary N) is 1. The van der Waals surface area contributed by atoms with Crippen molar-refractivity contribution in [3.05, 3.63) is 29.8 Å². The molecule has 0 aromatic heterocycles. The summed E-state index contributed by atoms with van der Waals surface area (Å²) in [5.74, 6) is -3.77. The van der Waals surface area contributed by atoms with Crippen molar-refractivity contribution in [2.45, 2.75) is 88.2 Å². The normalized spacial score (nSPS) is 12.9. The van der Waals surface area contributed by atoms with Gasteiger partial charge in [0.2, 0.25) is 10.0 Å². The molecule has 1 aromatic carbocycles. The number of quaternary nitrogens is 1. The van der Waals surface area contributed by atoms with Gasteiger partial charge in [0.15, 0.2) is 0 Å². The van der Waals surface area contributed by atoms with Gasteiger partial charge in [-0.1, -0.05) is 64.0 Å². The van der Waals surface area contributed by atoms with E-state index in [-0.39, 0.29) is 11.3 Å². The first-order valence-corrected chi connectivity index (χ1v) is 13.9. The first-order chi connectivity index (χ1) is 17.0. The number of rotatable bonds is 16. The fourth-order valence-electron chi connectivity index (χ4n) is 3.60. The second-order valence-electron chi connectivity index (χ2n) is 10.1. The van der Waals surface area contributed by atoms with E-state index in [2.05, 4.69) is 11.6 Å².